The average Bonchev–Trinajstić information content (AvgIpc) is 2.92. The molecule has 0 saturated carbocycles. The van der Waals surface area contributed by atoms with Crippen LogP contribution in [0.2, 0.25) is 0 Å². The third kappa shape index (κ3) is 5.68. The first-order valence-electron chi connectivity index (χ1n) is 12.8. The number of nitrogens with zero attached hydrogens (tertiary/aromatic N) is 2. The maximum atomic E-state index is 13.6. The molecule has 35 heavy (non-hydrogen) atoms. The molecule has 3 heterocycles. The van der Waals surface area contributed by atoms with Gasteiger partial charge in [0.2, 0.25) is 6.23 Å². The van der Waals surface area contributed by atoms with Crippen LogP contribution in [0.25, 0.3) is 0 Å². The van der Waals surface area contributed by atoms with Crippen molar-refractivity contribution < 1.29 is 18.8 Å². The summed E-state index contributed by atoms with van der Waals surface area (Å²) in [5, 5.41) is 0. The van der Waals surface area contributed by atoms with E-state index in [2.05, 4.69) is 12.1 Å². The van der Waals surface area contributed by atoms with Crippen LogP contribution in [-0.2, 0) is 11.3 Å². The SMILES string of the molecule is O=C(OC1CC2CC[N+]1(CCCOc1ccccc1)CC2)N(Cc1ccccc1)c1ccccc1. The van der Waals surface area contributed by atoms with Crippen molar-refractivity contribution in [3.05, 3.63) is 96.6 Å². The largest absolute Gasteiger partial charge is 0.493 e. The molecule has 5 heteroatoms. The molecular formula is C30H35N2O3+. The van der Waals surface area contributed by atoms with E-state index >= 15 is 0 Å². The van der Waals surface area contributed by atoms with E-state index < -0.39 is 0 Å². The topological polar surface area (TPSA) is 38.8 Å². The van der Waals surface area contributed by atoms with E-state index in [4.69, 9.17) is 9.47 Å². The van der Waals surface area contributed by atoms with Gasteiger partial charge in [0.1, 0.15) is 5.75 Å². The third-order valence-corrected chi connectivity index (χ3v) is 7.58. The van der Waals surface area contributed by atoms with E-state index in [9.17, 15) is 4.79 Å². The molecule has 3 aliphatic rings. The van der Waals surface area contributed by atoms with Gasteiger partial charge in [0.05, 0.1) is 32.8 Å². The molecular weight excluding hydrogens is 436 g/mol. The monoisotopic (exact) mass is 471 g/mol. The van der Waals surface area contributed by atoms with Crippen LogP contribution >= 0.6 is 0 Å². The summed E-state index contributed by atoms with van der Waals surface area (Å²) < 4.78 is 13.2. The molecule has 3 saturated heterocycles. The summed E-state index contributed by atoms with van der Waals surface area (Å²) >= 11 is 0. The van der Waals surface area contributed by atoms with Crippen LogP contribution in [-0.4, -0.2) is 43.0 Å². The van der Waals surface area contributed by atoms with Crippen molar-refractivity contribution in [3.8, 4) is 5.75 Å². The zero-order chi connectivity index (χ0) is 23.9. The van der Waals surface area contributed by atoms with Gasteiger partial charge in [0.15, 0.2) is 0 Å². The van der Waals surface area contributed by atoms with Crippen LogP contribution < -0.4 is 9.64 Å². The highest BCUT2D eigenvalue weighted by atomic mass is 16.6. The van der Waals surface area contributed by atoms with Gasteiger partial charge in [0.25, 0.3) is 0 Å². The predicted molar refractivity (Wildman–Crippen MR) is 138 cm³/mol. The number of piperidine rings is 3. The second kappa shape index (κ2) is 11.0. The number of carbonyl (C=O) groups is 1. The number of ether oxygens (including phenoxy) is 2. The highest BCUT2D eigenvalue weighted by Gasteiger charge is 2.49. The molecule has 1 atom stereocenters. The van der Waals surface area contributed by atoms with E-state index in [1.165, 1.54) is 12.8 Å². The quantitative estimate of drug-likeness (QED) is 0.273. The minimum atomic E-state index is -0.254. The van der Waals surface area contributed by atoms with Crippen LogP contribution in [0.3, 0.4) is 0 Å². The van der Waals surface area contributed by atoms with Gasteiger partial charge in [-0.05, 0) is 35.7 Å². The summed E-state index contributed by atoms with van der Waals surface area (Å²) in [4.78, 5) is 15.4. The lowest BCUT2D eigenvalue weighted by Crippen LogP contribution is -2.66. The molecule has 3 aliphatic heterocycles. The van der Waals surface area contributed by atoms with Gasteiger partial charge in [-0.1, -0.05) is 66.7 Å². The van der Waals surface area contributed by atoms with Gasteiger partial charge in [-0.2, -0.15) is 0 Å². The molecule has 6 rings (SSSR count). The molecule has 3 fully saturated rings. The van der Waals surface area contributed by atoms with Gasteiger partial charge < -0.3 is 9.47 Å². The minimum absolute atomic E-state index is 0.0892. The predicted octanol–water partition coefficient (Wildman–Crippen LogP) is 6.26. The first-order chi connectivity index (χ1) is 17.2. The summed E-state index contributed by atoms with van der Waals surface area (Å²) in [5.41, 5.74) is 1.95. The number of amides is 1. The standard InChI is InChI=1S/C30H35N2O3/c33-30(31(27-13-6-2-7-14-27)24-26-11-4-1-5-12-26)35-29-23-25-17-20-32(29,21-18-25)19-10-22-34-28-15-8-3-9-16-28/h1-9,11-16,25,29H,10,17-24H2/q+1. The third-order valence-electron chi connectivity index (χ3n) is 7.58. The summed E-state index contributed by atoms with van der Waals surface area (Å²) in [6, 6.07) is 29.9. The molecule has 0 N–H and O–H groups in total. The number of carbonyl (C=O) groups excluding carboxylic acids is 1. The summed E-state index contributed by atoms with van der Waals surface area (Å²) in [5.74, 6) is 1.57. The zero-order valence-electron chi connectivity index (χ0n) is 20.3. The number of fused-ring (bicyclic) bond motifs is 3. The van der Waals surface area contributed by atoms with Crippen LogP contribution in [0.15, 0.2) is 91.0 Å². The van der Waals surface area contributed by atoms with Gasteiger partial charge in [-0.15, -0.1) is 0 Å². The second-order valence-corrected chi connectivity index (χ2v) is 9.83. The van der Waals surface area contributed by atoms with Crippen molar-refractivity contribution in [2.75, 3.05) is 31.1 Å². The number of anilines is 1. The van der Waals surface area contributed by atoms with Crippen molar-refractivity contribution in [3.63, 3.8) is 0 Å². The lowest BCUT2D eigenvalue weighted by Gasteiger charge is -2.53. The molecule has 1 unspecified atom stereocenters. The summed E-state index contributed by atoms with van der Waals surface area (Å²) in [6.07, 6.45) is 4.00. The fraction of sp³-hybridized carbons (Fsp3) is 0.367. The van der Waals surface area contributed by atoms with E-state index in [1.807, 2.05) is 78.9 Å². The number of hydrogen-bond acceptors (Lipinski definition) is 3. The first-order valence-corrected chi connectivity index (χ1v) is 12.8. The fourth-order valence-electron chi connectivity index (χ4n) is 5.60. The number of quaternary nitrogens is 1. The Bertz CT molecular complexity index is 1070. The molecule has 3 aromatic carbocycles. The first kappa shape index (κ1) is 23.4. The number of hydrogen-bond donors (Lipinski definition) is 0. The van der Waals surface area contributed by atoms with Crippen molar-refractivity contribution in [2.45, 2.75) is 38.5 Å². The highest BCUT2D eigenvalue weighted by Crippen LogP contribution is 2.39. The smallest absolute Gasteiger partial charge is 0.419 e. The Morgan fingerprint density at radius 3 is 2.17 bits per heavy atom. The lowest BCUT2D eigenvalue weighted by molar-refractivity contribution is -0.984. The lowest BCUT2D eigenvalue weighted by atomic mass is 9.84. The van der Waals surface area contributed by atoms with E-state index in [-0.39, 0.29) is 12.3 Å². The maximum absolute atomic E-state index is 13.6. The molecule has 0 aromatic heterocycles. The van der Waals surface area contributed by atoms with Gasteiger partial charge in [-0.25, -0.2) is 4.79 Å². The van der Waals surface area contributed by atoms with E-state index in [0.29, 0.717) is 19.1 Å². The maximum Gasteiger partial charge on any atom is 0.419 e. The Kier molecular flexibility index (Phi) is 7.34. The summed E-state index contributed by atoms with van der Waals surface area (Å²) in [6.45, 7) is 4.31. The number of rotatable bonds is 9. The van der Waals surface area contributed by atoms with Gasteiger partial charge >= 0.3 is 6.09 Å². The molecule has 0 spiro atoms. The molecule has 3 aromatic rings. The van der Waals surface area contributed by atoms with Crippen LogP contribution in [0, 0.1) is 5.92 Å². The zero-order valence-corrected chi connectivity index (χ0v) is 20.3. The molecule has 0 radical (unpaired) electrons. The number of para-hydroxylation sites is 2. The Balaban J connectivity index is 1.27. The van der Waals surface area contributed by atoms with Crippen LogP contribution in [0.5, 0.6) is 5.75 Å². The van der Waals surface area contributed by atoms with Crippen molar-refractivity contribution in [1.29, 1.82) is 0 Å². The fourth-order valence-corrected chi connectivity index (χ4v) is 5.60. The van der Waals surface area contributed by atoms with Gasteiger partial charge in [-0.3, -0.25) is 9.38 Å². The van der Waals surface area contributed by atoms with Gasteiger partial charge in [0, 0.05) is 31.4 Å². The minimum Gasteiger partial charge on any atom is -0.493 e. The molecule has 0 aliphatic carbocycles. The van der Waals surface area contributed by atoms with Crippen molar-refractivity contribution in [2.24, 2.45) is 5.92 Å². The summed E-state index contributed by atoms with van der Waals surface area (Å²) in [7, 11) is 0. The highest BCUT2D eigenvalue weighted by molar-refractivity contribution is 5.87. The molecule has 1 amide bonds. The Morgan fingerprint density at radius 2 is 1.49 bits per heavy atom. The normalized spacial score (nSPS) is 23.0. The molecule has 182 valence electrons. The van der Waals surface area contributed by atoms with E-state index in [0.717, 1.165) is 54.0 Å². The average molecular weight is 472 g/mol. The Hall–Kier alpha value is -3.31. The van der Waals surface area contributed by atoms with Crippen molar-refractivity contribution in [1.82, 2.24) is 0 Å². The number of benzene rings is 3. The van der Waals surface area contributed by atoms with E-state index in [1.54, 1.807) is 4.90 Å². The second-order valence-electron chi connectivity index (χ2n) is 9.83. The Labute approximate surface area is 208 Å². The molecule has 2 bridgehead atoms. The molecule has 5 nitrogen and oxygen atoms in total. The Morgan fingerprint density at radius 1 is 0.857 bits per heavy atom. The van der Waals surface area contributed by atoms with Crippen LogP contribution in [0.4, 0.5) is 10.5 Å². The van der Waals surface area contributed by atoms with Crippen LogP contribution in [0.1, 0.15) is 31.2 Å². The van der Waals surface area contributed by atoms with Crippen molar-refractivity contribution >= 4 is 11.8 Å².